The topological polar surface area (TPSA) is 55.8 Å². The average Bonchev–Trinajstić information content (AvgIpc) is 2.60. The quantitative estimate of drug-likeness (QED) is 0.584. The fourth-order valence-corrected chi connectivity index (χ4v) is 2.47. The van der Waals surface area contributed by atoms with Crippen molar-refractivity contribution in [3.63, 3.8) is 0 Å². The highest BCUT2D eigenvalue weighted by Crippen LogP contribution is 2.29. The molecular weight excluding hydrogens is 330 g/mol. The summed E-state index contributed by atoms with van der Waals surface area (Å²) in [4.78, 5) is 25.9. The smallest absolute Gasteiger partial charge is 0.434 e. The molecule has 2 rings (SSSR count). The van der Waals surface area contributed by atoms with Gasteiger partial charge < -0.3 is 14.4 Å². The van der Waals surface area contributed by atoms with Crippen LogP contribution in [-0.2, 0) is 10.2 Å². The first-order chi connectivity index (χ1) is 12.2. The molecule has 0 spiro atoms. The molecule has 0 aromatic heterocycles. The van der Waals surface area contributed by atoms with Gasteiger partial charge in [-0.25, -0.2) is 4.79 Å². The fourth-order valence-electron chi connectivity index (χ4n) is 2.47. The Kier molecular flexibility index (Phi) is 6.03. The molecule has 0 heterocycles. The van der Waals surface area contributed by atoms with Gasteiger partial charge in [0, 0.05) is 12.6 Å². The van der Waals surface area contributed by atoms with Crippen LogP contribution in [0.2, 0.25) is 0 Å². The van der Waals surface area contributed by atoms with Crippen LogP contribution >= 0.6 is 0 Å². The Morgan fingerprint density at radius 1 is 1.00 bits per heavy atom. The van der Waals surface area contributed by atoms with E-state index in [1.54, 1.807) is 38.2 Å². The molecule has 0 N–H and O–H groups in total. The van der Waals surface area contributed by atoms with Crippen LogP contribution in [0.15, 0.2) is 48.5 Å². The van der Waals surface area contributed by atoms with Crippen LogP contribution in [0.5, 0.6) is 5.75 Å². The summed E-state index contributed by atoms with van der Waals surface area (Å²) in [6.45, 7) is 8.29. The van der Waals surface area contributed by atoms with Gasteiger partial charge in [-0.3, -0.25) is 4.79 Å². The van der Waals surface area contributed by atoms with Crippen molar-refractivity contribution in [3.05, 3.63) is 59.7 Å². The highest BCUT2D eigenvalue weighted by atomic mass is 16.7. The van der Waals surface area contributed by atoms with E-state index in [-0.39, 0.29) is 23.7 Å². The number of hydrogen-bond donors (Lipinski definition) is 0. The Morgan fingerprint density at radius 2 is 1.62 bits per heavy atom. The maximum absolute atomic E-state index is 12.8. The number of ether oxygens (including phenoxy) is 2. The van der Waals surface area contributed by atoms with Crippen molar-refractivity contribution < 1.29 is 19.1 Å². The normalized spacial score (nSPS) is 11.0. The van der Waals surface area contributed by atoms with Crippen LogP contribution in [0.25, 0.3) is 0 Å². The molecule has 0 aliphatic rings. The van der Waals surface area contributed by atoms with Gasteiger partial charge in [0.25, 0.3) is 5.91 Å². The van der Waals surface area contributed by atoms with Crippen molar-refractivity contribution in [2.45, 2.75) is 33.1 Å². The molecule has 0 aliphatic heterocycles. The molecule has 0 saturated heterocycles. The number of benzene rings is 2. The minimum Gasteiger partial charge on any atom is -0.434 e. The molecule has 0 atom stereocenters. The minimum atomic E-state index is -0.796. The van der Waals surface area contributed by atoms with E-state index in [1.807, 2.05) is 24.3 Å². The lowest BCUT2D eigenvalue weighted by Gasteiger charge is -2.22. The first-order valence-electron chi connectivity index (χ1n) is 8.56. The van der Waals surface area contributed by atoms with Crippen LogP contribution < -0.4 is 9.64 Å². The lowest BCUT2D eigenvalue weighted by atomic mass is 9.86. The molecule has 5 nitrogen and oxygen atoms in total. The molecule has 5 heteroatoms. The third-order valence-corrected chi connectivity index (χ3v) is 3.98. The number of para-hydroxylation sites is 2. The fraction of sp³-hybridized carbons (Fsp3) is 0.333. The Labute approximate surface area is 154 Å². The Hall–Kier alpha value is -2.82. The third-order valence-electron chi connectivity index (χ3n) is 3.98. The minimum absolute atomic E-state index is 0.0214. The second kappa shape index (κ2) is 8.04. The molecule has 2 aromatic carbocycles. The average molecular weight is 355 g/mol. The number of nitrogens with zero attached hydrogens (tertiary/aromatic N) is 1. The van der Waals surface area contributed by atoms with Gasteiger partial charge in [0.05, 0.1) is 12.3 Å². The number of carbonyl (C=O) groups is 2. The van der Waals surface area contributed by atoms with Gasteiger partial charge in [0.15, 0.2) is 5.75 Å². The molecular formula is C21H25NO4. The predicted octanol–water partition coefficient (Wildman–Crippen LogP) is 4.80. The number of hydrogen-bond acceptors (Lipinski definition) is 4. The molecule has 0 saturated carbocycles. The summed E-state index contributed by atoms with van der Waals surface area (Å²) >= 11 is 0. The molecule has 26 heavy (non-hydrogen) atoms. The summed E-state index contributed by atoms with van der Waals surface area (Å²) in [6.07, 6.45) is -0.796. The van der Waals surface area contributed by atoms with E-state index in [0.717, 1.165) is 5.56 Å². The molecule has 0 fully saturated rings. The van der Waals surface area contributed by atoms with Crippen LogP contribution in [0, 0.1) is 0 Å². The van der Waals surface area contributed by atoms with E-state index in [9.17, 15) is 9.59 Å². The van der Waals surface area contributed by atoms with E-state index < -0.39 is 6.16 Å². The third kappa shape index (κ3) is 4.63. The summed E-state index contributed by atoms with van der Waals surface area (Å²) in [5.41, 5.74) is 2.23. The maximum atomic E-state index is 12.8. The summed E-state index contributed by atoms with van der Waals surface area (Å²) in [5.74, 6) is 0.0819. The van der Waals surface area contributed by atoms with Crippen molar-refractivity contribution in [1.82, 2.24) is 0 Å². The zero-order valence-electron chi connectivity index (χ0n) is 15.9. The predicted molar refractivity (Wildman–Crippen MR) is 102 cm³/mol. The van der Waals surface area contributed by atoms with Crippen LogP contribution in [0.1, 0.15) is 43.6 Å². The summed E-state index contributed by atoms with van der Waals surface area (Å²) in [7, 11) is 1.65. The molecule has 0 radical (unpaired) electrons. The monoisotopic (exact) mass is 355 g/mol. The van der Waals surface area contributed by atoms with Crippen molar-refractivity contribution in [1.29, 1.82) is 0 Å². The highest BCUT2D eigenvalue weighted by Gasteiger charge is 2.20. The molecule has 2 aromatic rings. The number of rotatable bonds is 4. The summed E-state index contributed by atoms with van der Waals surface area (Å²) < 4.78 is 10.0. The highest BCUT2D eigenvalue weighted by molar-refractivity contribution is 6.06. The number of carbonyl (C=O) groups excluding carboxylic acids is 2. The zero-order chi connectivity index (χ0) is 19.3. The van der Waals surface area contributed by atoms with Crippen molar-refractivity contribution in [2.24, 2.45) is 0 Å². The van der Waals surface area contributed by atoms with Crippen LogP contribution in [0.4, 0.5) is 10.5 Å². The Bertz CT molecular complexity index is 775. The van der Waals surface area contributed by atoms with E-state index in [4.69, 9.17) is 9.47 Å². The van der Waals surface area contributed by atoms with E-state index in [0.29, 0.717) is 11.3 Å². The standard InChI is InChI=1S/C21H25NO4/c1-6-25-20(24)26-18-10-8-7-9-17(18)22(5)19(23)15-11-13-16(14-12-15)21(2,3)4/h7-14H,6H2,1-5H3. The Morgan fingerprint density at radius 3 is 2.19 bits per heavy atom. The van der Waals surface area contributed by atoms with Gasteiger partial charge in [-0.05, 0) is 42.2 Å². The lowest BCUT2D eigenvalue weighted by Crippen LogP contribution is -2.27. The van der Waals surface area contributed by atoms with Gasteiger partial charge in [0.1, 0.15) is 0 Å². The van der Waals surface area contributed by atoms with Gasteiger partial charge in [-0.15, -0.1) is 0 Å². The van der Waals surface area contributed by atoms with E-state index >= 15 is 0 Å². The van der Waals surface area contributed by atoms with Crippen molar-refractivity contribution in [2.75, 3.05) is 18.6 Å². The Balaban J connectivity index is 2.24. The second-order valence-corrected chi connectivity index (χ2v) is 6.94. The first kappa shape index (κ1) is 19.5. The van der Waals surface area contributed by atoms with Crippen molar-refractivity contribution in [3.8, 4) is 5.75 Å². The lowest BCUT2D eigenvalue weighted by molar-refractivity contribution is 0.0980. The molecule has 138 valence electrons. The van der Waals surface area contributed by atoms with Gasteiger partial charge in [-0.2, -0.15) is 0 Å². The molecule has 0 bridgehead atoms. The number of amides is 1. The molecule has 0 unspecified atom stereocenters. The molecule has 1 amide bonds. The SMILES string of the molecule is CCOC(=O)Oc1ccccc1N(C)C(=O)c1ccc(C(C)(C)C)cc1. The first-order valence-corrected chi connectivity index (χ1v) is 8.56. The van der Waals surface area contributed by atoms with E-state index in [1.165, 1.54) is 4.90 Å². The largest absolute Gasteiger partial charge is 0.513 e. The van der Waals surface area contributed by atoms with Gasteiger partial charge in [-0.1, -0.05) is 45.0 Å². The van der Waals surface area contributed by atoms with Gasteiger partial charge >= 0.3 is 6.16 Å². The van der Waals surface area contributed by atoms with Crippen molar-refractivity contribution >= 4 is 17.7 Å². The second-order valence-electron chi connectivity index (χ2n) is 6.94. The number of anilines is 1. The van der Waals surface area contributed by atoms with E-state index in [2.05, 4.69) is 20.8 Å². The van der Waals surface area contributed by atoms with Gasteiger partial charge in [0.2, 0.25) is 0 Å². The summed E-state index contributed by atoms with van der Waals surface area (Å²) in [6, 6.07) is 14.4. The zero-order valence-corrected chi connectivity index (χ0v) is 15.9. The molecule has 0 aliphatic carbocycles. The van der Waals surface area contributed by atoms with Crippen LogP contribution in [-0.4, -0.2) is 25.7 Å². The summed E-state index contributed by atoms with van der Waals surface area (Å²) in [5, 5.41) is 0. The van der Waals surface area contributed by atoms with Crippen LogP contribution in [0.3, 0.4) is 0 Å². The maximum Gasteiger partial charge on any atom is 0.513 e.